The maximum Gasteiger partial charge on any atom is 0.329 e. The van der Waals surface area contributed by atoms with Crippen LogP contribution in [0.25, 0.3) is 0 Å². The minimum Gasteiger partial charge on any atom is -0.480 e. The molecule has 0 atom stereocenters. The van der Waals surface area contributed by atoms with Crippen molar-refractivity contribution in [2.24, 2.45) is 0 Å². The van der Waals surface area contributed by atoms with E-state index in [1.54, 1.807) is 0 Å². The molecule has 21 heavy (non-hydrogen) atoms. The van der Waals surface area contributed by atoms with Crippen molar-refractivity contribution in [1.82, 2.24) is 10.3 Å². The molecule has 3 rings (SSSR count). The highest BCUT2D eigenvalue weighted by Gasteiger charge is 2.41. The van der Waals surface area contributed by atoms with E-state index in [4.69, 9.17) is 4.74 Å². The van der Waals surface area contributed by atoms with Crippen LogP contribution >= 0.6 is 11.3 Å². The highest BCUT2D eigenvalue weighted by Crippen LogP contribution is 2.30. The third-order valence-corrected chi connectivity index (χ3v) is 5.23. The molecule has 2 aliphatic rings. The molecule has 0 saturated heterocycles. The number of carbonyl (C=O) groups excluding carboxylic acids is 1. The molecule has 2 heterocycles. The first kappa shape index (κ1) is 14.5. The molecule has 0 bridgehead atoms. The minimum atomic E-state index is -1.13. The minimum absolute atomic E-state index is 0.344. The second-order valence-corrected chi connectivity index (χ2v) is 6.68. The summed E-state index contributed by atoms with van der Waals surface area (Å²) in [5, 5.41) is 12.6. The molecule has 1 aliphatic carbocycles. The summed E-state index contributed by atoms with van der Waals surface area (Å²) in [4.78, 5) is 29.3. The molecular weight excluding hydrogens is 292 g/mol. The van der Waals surface area contributed by atoms with E-state index in [1.165, 1.54) is 11.3 Å². The SMILES string of the molecule is O=C(NC1(C(=O)O)CCCCC1)c1nc2c(s1)COCC2. The van der Waals surface area contributed by atoms with Crippen molar-refractivity contribution in [3.05, 3.63) is 15.6 Å². The second kappa shape index (κ2) is 5.73. The molecular formula is C14H18N2O4S. The van der Waals surface area contributed by atoms with Crippen LogP contribution in [0.15, 0.2) is 0 Å². The number of nitrogens with one attached hydrogen (secondary N) is 1. The number of amides is 1. The highest BCUT2D eigenvalue weighted by molar-refractivity contribution is 7.13. The van der Waals surface area contributed by atoms with Gasteiger partial charge >= 0.3 is 5.97 Å². The van der Waals surface area contributed by atoms with E-state index in [0.29, 0.717) is 37.5 Å². The average Bonchev–Trinajstić information content (AvgIpc) is 2.92. The summed E-state index contributed by atoms with van der Waals surface area (Å²) in [6.07, 6.45) is 4.37. The van der Waals surface area contributed by atoms with E-state index >= 15 is 0 Å². The number of aromatic nitrogens is 1. The van der Waals surface area contributed by atoms with Crippen molar-refractivity contribution in [3.8, 4) is 0 Å². The van der Waals surface area contributed by atoms with Gasteiger partial charge in [-0.25, -0.2) is 9.78 Å². The number of ether oxygens (including phenoxy) is 1. The summed E-state index contributed by atoms with van der Waals surface area (Å²) in [6, 6.07) is 0. The molecule has 1 amide bonds. The Morgan fingerprint density at radius 1 is 1.29 bits per heavy atom. The second-order valence-electron chi connectivity index (χ2n) is 5.59. The van der Waals surface area contributed by atoms with Gasteiger partial charge in [0.15, 0.2) is 5.01 Å². The van der Waals surface area contributed by atoms with Crippen LogP contribution in [-0.4, -0.2) is 34.1 Å². The molecule has 0 spiro atoms. The number of thiazole rings is 1. The Morgan fingerprint density at radius 3 is 2.71 bits per heavy atom. The van der Waals surface area contributed by atoms with Gasteiger partial charge < -0.3 is 15.2 Å². The molecule has 2 N–H and O–H groups in total. The van der Waals surface area contributed by atoms with Crippen molar-refractivity contribution >= 4 is 23.2 Å². The summed E-state index contributed by atoms with van der Waals surface area (Å²) < 4.78 is 5.34. The summed E-state index contributed by atoms with van der Waals surface area (Å²) >= 11 is 1.30. The van der Waals surface area contributed by atoms with Gasteiger partial charge in [-0.15, -0.1) is 11.3 Å². The molecule has 114 valence electrons. The Labute approximate surface area is 126 Å². The van der Waals surface area contributed by atoms with Gasteiger partial charge in [0.05, 0.1) is 23.8 Å². The normalized spacial score (nSPS) is 20.6. The molecule has 7 heteroatoms. The maximum absolute atomic E-state index is 12.4. The van der Waals surface area contributed by atoms with E-state index in [-0.39, 0.29) is 5.91 Å². The number of carboxylic acid groups (broad SMARTS) is 1. The maximum atomic E-state index is 12.4. The fourth-order valence-electron chi connectivity index (χ4n) is 2.94. The Hall–Kier alpha value is -1.47. The molecule has 1 aliphatic heterocycles. The zero-order valence-electron chi connectivity index (χ0n) is 11.7. The number of aliphatic carboxylic acids is 1. The van der Waals surface area contributed by atoms with Crippen LogP contribution in [0, 0.1) is 0 Å². The first-order valence-corrected chi connectivity index (χ1v) is 8.05. The molecule has 1 fully saturated rings. The van der Waals surface area contributed by atoms with Crippen LogP contribution in [-0.2, 0) is 22.6 Å². The van der Waals surface area contributed by atoms with E-state index in [9.17, 15) is 14.7 Å². The standard InChI is InChI=1S/C14H18N2O4S/c17-11(12-15-9-4-7-20-8-10(9)21-12)16-14(13(18)19)5-2-1-3-6-14/h1-8H2,(H,16,17)(H,18,19). The van der Waals surface area contributed by atoms with E-state index in [0.717, 1.165) is 29.8 Å². The lowest BCUT2D eigenvalue weighted by Crippen LogP contribution is -2.55. The molecule has 1 aromatic heterocycles. The molecule has 0 aromatic carbocycles. The van der Waals surface area contributed by atoms with Crippen LogP contribution in [0.1, 0.15) is 52.5 Å². The molecule has 1 saturated carbocycles. The quantitative estimate of drug-likeness (QED) is 0.887. The number of rotatable bonds is 3. The molecule has 0 radical (unpaired) electrons. The van der Waals surface area contributed by atoms with Gasteiger partial charge in [0.2, 0.25) is 0 Å². The van der Waals surface area contributed by atoms with Crippen LogP contribution in [0.3, 0.4) is 0 Å². The number of fused-ring (bicyclic) bond motifs is 1. The molecule has 0 unspecified atom stereocenters. The Bertz CT molecular complexity index is 540. The van der Waals surface area contributed by atoms with E-state index < -0.39 is 11.5 Å². The van der Waals surface area contributed by atoms with E-state index in [1.807, 2.05) is 0 Å². The van der Waals surface area contributed by atoms with Gasteiger partial charge in [-0.2, -0.15) is 0 Å². The van der Waals surface area contributed by atoms with Crippen LogP contribution in [0.2, 0.25) is 0 Å². The summed E-state index contributed by atoms with van der Waals surface area (Å²) in [5.41, 5.74) is -0.220. The smallest absolute Gasteiger partial charge is 0.329 e. The van der Waals surface area contributed by atoms with E-state index in [2.05, 4.69) is 10.3 Å². The lowest BCUT2D eigenvalue weighted by atomic mass is 9.81. The van der Waals surface area contributed by atoms with Crippen molar-refractivity contribution < 1.29 is 19.4 Å². The summed E-state index contributed by atoms with van der Waals surface area (Å²) in [6.45, 7) is 1.11. The topological polar surface area (TPSA) is 88.5 Å². The lowest BCUT2D eigenvalue weighted by Gasteiger charge is -2.33. The van der Waals surface area contributed by atoms with Gasteiger partial charge in [-0.1, -0.05) is 19.3 Å². The first-order valence-electron chi connectivity index (χ1n) is 7.23. The van der Waals surface area contributed by atoms with Gasteiger partial charge in [-0.3, -0.25) is 4.79 Å². The predicted molar refractivity (Wildman–Crippen MR) is 76.4 cm³/mol. The zero-order valence-corrected chi connectivity index (χ0v) is 12.5. The first-order chi connectivity index (χ1) is 10.1. The number of carboxylic acids is 1. The number of carbonyl (C=O) groups is 2. The summed E-state index contributed by atoms with van der Waals surface area (Å²) in [5.74, 6) is -1.32. The van der Waals surface area contributed by atoms with Crippen LogP contribution in [0.4, 0.5) is 0 Å². The van der Waals surface area contributed by atoms with Crippen molar-refractivity contribution in [1.29, 1.82) is 0 Å². The average molecular weight is 310 g/mol. The molecule has 6 nitrogen and oxygen atoms in total. The third kappa shape index (κ3) is 2.80. The predicted octanol–water partition coefficient (Wildman–Crippen LogP) is 1.73. The summed E-state index contributed by atoms with van der Waals surface area (Å²) in [7, 11) is 0. The van der Waals surface area contributed by atoms with Crippen molar-refractivity contribution in [2.75, 3.05) is 6.61 Å². The zero-order chi connectivity index (χ0) is 14.9. The van der Waals surface area contributed by atoms with Gasteiger partial charge in [-0.05, 0) is 12.8 Å². The van der Waals surface area contributed by atoms with Crippen LogP contribution in [0.5, 0.6) is 0 Å². The number of nitrogens with zero attached hydrogens (tertiary/aromatic N) is 1. The third-order valence-electron chi connectivity index (χ3n) is 4.16. The number of hydrogen-bond acceptors (Lipinski definition) is 5. The monoisotopic (exact) mass is 310 g/mol. The highest BCUT2D eigenvalue weighted by atomic mass is 32.1. The largest absolute Gasteiger partial charge is 0.480 e. The van der Waals surface area contributed by atoms with Crippen LogP contribution < -0.4 is 5.32 Å². The van der Waals surface area contributed by atoms with Gasteiger partial charge in [0.1, 0.15) is 5.54 Å². The lowest BCUT2D eigenvalue weighted by molar-refractivity contribution is -0.145. The van der Waals surface area contributed by atoms with Crippen molar-refractivity contribution in [2.45, 2.75) is 50.7 Å². The fraction of sp³-hybridized carbons (Fsp3) is 0.643. The van der Waals surface area contributed by atoms with Crippen molar-refractivity contribution in [3.63, 3.8) is 0 Å². The Morgan fingerprint density at radius 2 is 2.05 bits per heavy atom. The van der Waals surface area contributed by atoms with Gasteiger partial charge in [0, 0.05) is 6.42 Å². The fourth-order valence-corrected chi connectivity index (χ4v) is 3.88. The Kier molecular flexibility index (Phi) is 3.95. The van der Waals surface area contributed by atoms with Gasteiger partial charge in [0.25, 0.3) is 5.91 Å². The Balaban J connectivity index is 1.78. The molecule has 1 aromatic rings. The number of hydrogen-bond donors (Lipinski definition) is 2.